The Kier molecular flexibility index (Phi) is 6.40. The summed E-state index contributed by atoms with van der Waals surface area (Å²) in [5.74, 6) is -1.12. The third-order valence-corrected chi connectivity index (χ3v) is 0.287. The zero-order valence-corrected chi connectivity index (χ0v) is 5.91. The Morgan fingerprint density at radius 1 is 1.12 bits per heavy atom. The van der Waals surface area contributed by atoms with Gasteiger partial charge in [-0.3, -0.25) is 9.59 Å². The molecule has 0 spiro atoms. The van der Waals surface area contributed by atoms with E-state index in [1.54, 1.807) is 0 Å². The monoisotopic (exact) mass is 154 g/mol. The Labute approximate surface area is 58.1 Å². The Morgan fingerprint density at radius 2 is 1.38 bits per heavy atom. The number of hydrogen-bond acceptors (Lipinski definition) is 3. The molecular weight excluding hydrogens is 148 g/mol. The van der Waals surface area contributed by atoms with E-state index in [0.717, 1.165) is 0 Å². The maximum absolute atomic E-state index is 9.81. The Bertz CT molecular complexity index is 87.5. The topological polar surface area (TPSA) is 43.4 Å². The van der Waals surface area contributed by atoms with E-state index in [1.165, 1.54) is 13.8 Å². The van der Waals surface area contributed by atoms with Gasteiger partial charge in [-0.05, 0) is 0 Å². The molecule has 0 N–H and O–H groups in total. The molecule has 0 saturated heterocycles. The summed E-state index contributed by atoms with van der Waals surface area (Å²) in [6.07, 6.45) is 0. The minimum atomic E-state index is -0.562. The van der Waals surface area contributed by atoms with Crippen molar-refractivity contribution in [3.05, 3.63) is 0 Å². The average Bonchev–Trinajstić information content (AvgIpc) is 1.27. The molecule has 0 amide bonds. The SMILES string of the molecule is CC(=O)OC(C)=O.[Cr+2]. The molecule has 0 rings (SSSR count). The van der Waals surface area contributed by atoms with Gasteiger partial charge in [-0.15, -0.1) is 0 Å². The van der Waals surface area contributed by atoms with Crippen molar-refractivity contribution >= 4 is 11.9 Å². The van der Waals surface area contributed by atoms with Gasteiger partial charge in [0.1, 0.15) is 0 Å². The van der Waals surface area contributed by atoms with E-state index in [0.29, 0.717) is 0 Å². The zero-order chi connectivity index (χ0) is 5.86. The molecule has 4 heteroatoms. The van der Waals surface area contributed by atoms with Gasteiger partial charge >= 0.3 is 29.3 Å². The van der Waals surface area contributed by atoms with E-state index in [9.17, 15) is 9.59 Å². The second kappa shape index (κ2) is 4.82. The summed E-state index contributed by atoms with van der Waals surface area (Å²) in [4.78, 5) is 19.6. The normalized spacial score (nSPS) is 6.75. The van der Waals surface area contributed by atoms with Gasteiger partial charge < -0.3 is 4.74 Å². The number of ether oxygens (including phenoxy) is 1. The summed E-state index contributed by atoms with van der Waals surface area (Å²) in [7, 11) is 0. The van der Waals surface area contributed by atoms with Crippen LogP contribution in [0.3, 0.4) is 0 Å². The smallest absolute Gasteiger partial charge is 0.394 e. The summed E-state index contributed by atoms with van der Waals surface area (Å²) in [6.45, 7) is 2.36. The minimum Gasteiger partial charge on any atom is -0.394 e. The van der Waals surface area contributed by atoms with Crippen LogP contribution in [0.4, 0.5) is 0 Å². The van der Waals surface area contributed by atoms with Crippen LogP contribution in [-0.4, -0.2) is 11.9 Å². The van der Waals surface area contributed by atoms with Crippen LogP contribution in [0.25, 0.3) is 0 Å². The Morgan fingerprint density at radius 3 is 1.38 bits per heavy atom. The van der Waals surface area contributed by atoms with Crippen molar-refractivity contribution in [1.82, 2.24) is 0 Å². The molecule has 0 fully saturated rings. The van der Waals surface area contributed by atoms with Crippen molar-refractivity contribution in [3.63, 3.8) is 0 Å². The fourth-order valence-corrected chi connectivity index (χ4v) is 0.202. The van der Waals surface area contributed by atoms with Gasteiger partial charge in [0.05, 0.1) is 0 Å². The summed E-state index contributed by atoms with van der Waals surface area (Å²) in [5.41, 5.74) is 0. The van der Waals surface area contributed by atoms with Crippen LogP contribution in [0.1, 0.15) is 13.8 Å². The van der Waals surface area contributed by atoms with Gasteiger partial charge in [0.25, 0.3) is 0 Å². The van der Waals surface area contributed by atoms with E-state index in [-0.39, 0.29) is 17.4 Å². The molecule has 0 aliphatic rings. The summed E-state index contributed by atoms with van der Waals surface area (Å²) in [5, 5.41) is 0. The first-order valence-corrected chi connectivity index (χ1v) is 1.82. The molecule has 0 aromatic rings. The summed E-state index contributed by atoms with van der Waals surface area (Å²) in [6, 6.07) is 0. The van der Waals surface area contributed by atoms with E-state index in [1.807, 2.05) is 0 Å². The van der Waals surface area contributed by atoms with Crippen LogP contribution >= 0.6 is 0 Å². The third-order valence-electron chi connectivity index (χ3n) is 0.287. The maximum Gasteiger partial charge on any atom is 2.00 e. The van der Waals surface area contributed by atoms with Crippen molar-refractivity contribution in [2.75, 3.05) is 0 Å². The Balaban J connectivity index is 0. The van der Waals surface area contributed by atoms with Crippen LogP contribution in [0.15, 0.2) is 0 Å². The second-order valence-electron chi connectivity index (χ2n) is 1.09. The zero-order valence-electron chi connectivity index (χ0n) is 4.63. The van der Waals surface area contributed by atoms with E-state index in [2.05, 4.69) is 4.74 Å². The van der Waals surface area contributed by atoms with Crippen molar-refractivity contribution in [1.29, 1.82) is 0 Å². The molecule has 3 nitrogen and oxygen atoms in total. The third kappa shape index (κ3) is 9.18. The first kappa shape index (κ1) is 10.6. The molecule has 0 aromatic carbocycles. The van der Waals surface area contributed by atoms with Crippen LogP contribution < -0.4 is 0 Å². The number of rotatable bonds is 0. The first-order valence-electron chi connectivity index (χ1n) is 1.82. The fourth-order valence-electron chi connectivity index (χ4n) is 0.202. The maximum atomic E-state index is 9.81. The van der Waals surface area contributed by atoms with Crippen molar-refractivity contribution in [2.45, 2.75) is 13.8 Å². The number of hydrogen-bond donors (Lipinski definition) is 0. The molecular formula is C4H6CrO3+2. The molecule has 44 valence electrons. The largest absolute Gasteiger partial charge is 2.00 e. The first-order chi connectivity index (χ1) is 3.13. The predicted molar refractivity (Wildman–Crippen MR) is 22.4 cm³/mol. The van der Waals surface area contributed by atoms with Crippen LogP contribution in [-0.2, 0) is 31.7 Å². The van der Waals surface area contributed by atoms with Crippen LogP contribution in [0.2, 0.25) is 0 Å². The minimum absolute atomic E-state index is 0. The van der Waals surface area contributed by atoms with Gasteiger partial charge in [-0.1, -0.05) is 0 Å². The summed E-state index contributed by atoms with van der Waals surface area (Å²) < 4.78 is 3.97. The van der Waals surface area contributed by atoms with Gasteiger partial charge in [0.15, 0.2) is 0 Å². The molecule has 0 saturated carbocycles. The van der Waals surface area contributed by atoms with Crippen LogP contribution in [0.5, 0.6) is 0 Å². The van der Waals surface area contributed by atoms with Crippen LogP contribution in [0, 0.1) is 0 Å². The molecule has 0 aliphatic heterocycles. The summed E-state index contributed by atoms with van der Waals surface area (Å²) >= 11 is 0. The fraction of sp³-hybridized carbons (Fsp3) is 0.500. The van der Waals surface area contributed by atoms with E-state index >= 15 is 0 Å². The Hall–Kier alpha value is -0.328. The number of carbonyl (C=O) groups is 2. The molecule has 0 atom stereocenters. The van der Waals surface area contributed by atoms with E-state index in [4.69, 9.17) is 0 Å². The van der Waals surface area contributed by atoms with E-state index < -0.39 is 11.9 Å². The van der Waals surface area contributed by atoms with Gasteiger partial charge in [0, 0.05) is 13.8 Å². The second-order valence-corrected chi connectivity index (χ2v) is 1.09. The molecule has 0 aliphatic carbocycles. The molecule has 0 aromatic heterocycles. The van der Waals surface area contributed by atoms with Crippen molar-refractivity contribution in [3.8, 4) is 0 Å². The molecule has 0 unspecified atom stereocenters. The number of carbonyl (C=O) groups excluding carboxylic acids is 2. The standard InChI is InChI=1S/C4H6O3.Cr/c1-3(5)7-4(2)6;/h1-2H3;/q;+2. The molecule has 0 radical (unpaired) electrons. The molecule has 8 heavy (non-hydrogen) atoms. The van der Waals surface area contributed by atoms with Gasteiger partial charge in [0.2, 0.25) is 0 Å². The van der Waals surface area contributed by atoms with Crippen molar-refractivity contribution in [2.24, 2.45) is 0 Å². The van der Waals surface area contributed by atoms with Crippen molar-refractivity contribution < 1.29 is 31.7 Å². The number of esters is 2. The van der Waals surface area contributed by atoms with Gasteiger partial charge in [-0.25, -0.2) is 0 Å². The van der Waals surface area contributed by atoms with Gasteiger partial charge in [-0.2, -0.15) is 0 Å². The quantitative estimate of drug-likeness (QED) is 0.367. The molecule has 0 heterocycles. The average molecular weight is 154 g/mol. The predicted octanol–water partition coefficient (Wildman–Crippen LogP) is 0.0935. The molecule has 0 bridgehead atoms.